The van der Waals surface area contributed by atoms with Crippen LogP contribution in [0.25, 0.3) is 0 Å². The van der Waals surface area contributed by atoms with Crippen LogP contribution in [0, 0.1) is 11.8 Å². The monoisotopic (exact) mass is 239 g/mol. The molecule has 1 rings (SSSR count). The Hall–Kier alpha value is -1.32. The van der Waals surface area contributed by atoms with Crippen molar-refractivity contribution in [2.24, 2.45) is 11.8 Å². The predicted octanol–water partition coefficient (Wildman–Crippen LogP) is 1.91. The highest BCUT2D eigenvalue weighted by atomic mass is 16.4. The zero-order valence-electron chi connectivity index (χ0n) is 10.6. The van der Waals surface area contributed by atoms with Gasteiger partial charge in [-0.3, -0.25) is 4.79 Å². The summed E-state index contributed by atoms with van der Waals surface area (Å²) in [5.74, 6) is -0.482. The highest BCUT2D eigenvalue weighted by molar-refractivity contribution is 5.86. The molecule has 2 atom stereocenters. The molecule has 1 unspecified atom stereocenters. The van der Waals surface area contributed by atoms with Crippen molar-refractivity contribution in [1.29, 1.82) is 0 Å². The van der Waals surface area contributed by atoms with Gasteiger partial charge in [0.15, 0.2) is 0 Å². The second-order valence-corrected chi connectivity index (χ2v) is 5.03. The number of hydrogen-bond donors (Lipinski definition) is 1. The molecule has 0 aliphatic carbocycles. The van der Waals surface area contributed by atoms with Gasteiger partial charge in [0.05, 0.1) is 0 Å². The van der Waals surface area contributed by atoms with E-state index in [0.717, 1.165) is 12.8 Å². The summed E-state index contributed by atoms with van der Waals surface area (Å²) in [4.78, 5) is 24.7. The Morgan fingerprint density at radius 1 is 1.65 bits per heavy atom. The summed E-state index contributed by atoms with van der Waals surface area (Å²) >= 11 is 0. The second-order valence-electron chi connectivity index (χ2n) is 5.03. The molecule has 0 radical (unpaired) electrons. The van der Waals surface area contributed by atoms with E-state index in [1.807, 2.05) is 0 Å². The highest BCUT2D eigenvalue weighted by Gasteiger charge is 2.38. The number of carbonyl (C=O) groups excluding carboxylic acids is 1. The van der Waals surface area contributed by atoms with E-state index < -0.39 is 12.0 Å². The molecule has 1 amide bonds. The normalized spacial score (nSPS) is 21.9. The molecule has 17 heavy (non-hydrogen) atoms. The van der Waals surface area contributed by atoms with Crippen molar-refractivity contribution in [3.8, 4) is 0 Å². The zero-order valence-corrected chi connectivity index (χ0v) is 10.6. The number of carbonyl (C=O) groups is 2. The lowest BCUT2D eigenvalue weighted by Gasteiger charge is -2.24. The van der Waals surface area contributed by atoms with Gasteiger partial charge in [-0.05, 0) is 25.2 Å². The predicted molar refractivity (Wildman–Crippen MR) is 65.5 cm³/mol. The number of carboxylic acid groups (broad SMARTS) is 1. The molecule has 0 aromatic carbocycles. The minimum atomic E-state index is -0.941. The molecule has 0 aromatic rings. The van der Waals surface area contributed by atoms with Crippen molar-refractivity contribution in [3.63, 3.8) is 0 Å². The van der Waals surface area contributed by atoms with E-state index in [0.29, 0.717) is 18.9 Å². The van der Waals surface area contributed by atoms with E-state index in [1.54, 1.807) is 6.08 Å². The van der Waals surface area contributed by atoms with Crippen molar-refractivity contribution in [1.82, 2.24) is 4.90 Å². The average Bonchev–Trinajstić information content (AvgIpc) is 2.56. The van der Waals surface area contributed by atoms with E-state index in [9.17, 15) is 9.59 Å². The van der Waals surface area contributed by atoms with Crippen LogP contribution in [0.4, 0.5) is 0 Å². The van der Waals surface area contributed by atoms with Crippen LogP contribution in [0.15, 0.2) is 12.7 Å². The topological polar surface area (TPSA) is 57.6 Å². The van der Waals surface area contributed by atoms with Crippen LogP contribution in [0.1, 0.15) is 33.1 Å². The molecule has 0 bridgehead atoms. The van der Waals surface area contributed by atoms with Crippen molar-refractivity contribution >= 4 is 11.9 Å². The lowest BCUT2D eigenvalue weighted by molar-refractivity contribution is -0.149. The third kappa shape index (κ3) is 3.32. The van der Waals surface area contributed by atoms with Crippen LogP contribution in [0.2, 0.25) is 0 Å². The first-order valence-electron chi connectivity index (χ1n) is 6.11. The number of amides is 1. The first kappa shape index (κ1) is 13.7. The number of likely N-dealkylation sites (tertiary alicyclic amines) is 1. The maximum Gasteiger partial charge on any atom is 0.326 e. The van der Waals surface area contributed by atoms with Gasteiger partial charge >= 0.3 is 5.97 Å². The van der Waals surface area contributed by atoms with Crippen molar-refractivity contribution in [2.75, 3.05) is 6.54 Å². The summed E-state index contributed by atoms with van der Waals surface area (Å²) < 4.78 is 0. The lowest BCUT2D eigenvalue weighted by Crippen LogP contribution is -2.42. The fraction of sp³-hybridized carbons (Fsp3) is 0.692. The van der Waals surface area contributed by atoms with E-state index in [-0.39, 0.29) is 11.8 Å². The molecule has 1 N–H and O–H groups in total. The third-order valence-corrected chi connectivity index (χ3v) is 3.16. The van der Waals surface area contributed by atoms with Gasteiger partial charge in [-0.25, -0.2) is 4.79 Å². The summed E-state index contributed by atoms with van der Waals surface area (Å²) in [6.07, 6.45) is 3.49. The molecule has 1 aliphatic rings. The van der Waals surface area contributed by atoms with Crippen molar-refractivity contribution in [2.45, 2.75) is 39.2 Å². The molecular weight excluding hydrogens is 218 g/mol. The van der Waals surface area contributed by atoms with Gasteiger partial charge in [0, 0.05) is 12.5 Å². The molecule has 1 fully saturated rings. The van der Waals surface area contributed by atoms with Crippen molar-refractivity contribution in [3.05, 3.63) is 12.7 Å². The summed E-state index contributed by atoms with van der Waals surface area (Å²) in [7, 11) is 0. The van der Waals surface area contributed by atoms with E-state index in [2.05, 4.69) is 20.4 Å². The number of nitrogens with zero attached hydrogens (tertiary/aromatic N) is 1. The van der Waals surface area contributed by atoms with Gasteiger partial charge in [0.2, 0.25) is 5.91 Å². The smallest absolute Gasteiger partial charge is 0.326 e. The van der Waals surface area contributed by atoms with Gasteiger partial charge < -0.3 is 10.0 Å². The maximum atomic E-state index is 12.1. The Balaban J connectivity index is 2.70. The van der Waals surface area contributed by atoms with Crippen molar-refractivity contribution < 1.29 is 14.7 Å². The Morgan fingerprint density at radius 2 is 2.29 bits per heavy atom. The van der Waals surface area contributed by atoms with Crippen LogP contribution in [-0.2, 0) is 9.59 Å². The number of hydrogen-bond acceptors (Lipinski definition) is 2. The van der Waals surface area contributed by atoms with E-state index >= 15 is 0 Å². The first-order valence-corrected chi connectivity index (χ1v) is 6.11. The molecule has 1 saturated heterocycles. The van der Waals surface area contributed by atoms with Crippen LogP contribution in [0.5, 0.6) is 0 Å². The van der Waals surface area contributed by atoms with E-state index in [4.69, 9.17) is 5.11 Å². The minimum absolute atomic E-state index is 0.00154. The lowest BCUT2D eigenvalue weighted by atomic mass is 9.96. The number of rotatable bonds is 6. The van der Waals surface area contributed by atoms with Crippen LogP contribution < -0.4 is 0 Å². The Labute approximate surface area is 102 Å². The fourth-order valence-corrected chi connectivity index (χ4v) is 2.38. The van der Waals surface area contributed by atoms with Gasteiger partial charge in [-0.1, -0.05) is 19.9 Å². The first-order chi connectivity index (χ1) is 7.97. The average molecular weight is 239 g/mol. The fourth-order valence-electron chi connectivity index (χ4n) is 2.38. The van der Waals surface area contributed by atoms with Gasteiger partial charge in [0.1, 0.15) is 6.04 Å². The summed E-state index contributed by atoms with van der Waals surface area (Å²) in [6, 6.07) is -0.739. The van der Waals surface area contributed by atoms with Gasteiger partial charge in [0.25, 0.3) is 0 Å². The van der Waals surface area contributed by atoms with Crippen LogP contribution >= 0.6 is 0 Å². The zero-order chi connectivity index (χ0) is 13.0. The standard InChI is InChI=1S/C13H21NO3/c1-4-5-11(13(16)17)14-7-6-10(12(14)15)8-9(2)3/h4,9-11H,1,5-8H2,2-3H3,(H,16,17)/t10-,11?/m1/s1. The molecule has 1 heterocycles. The highest BCUT2D eigenvalue weighted by Crippen LogP contribution is 2.27. The SMILES string of the molecule is C=CCC(C(=O)O)N1CC[C@H](CC(C)C)C1=O. The largest absolute Gasteiger partial charge is 0.480 e. The molecule has 1 aliphatic heterocycles. The maximum absolute atomic E-state index is 12.1. The van der Waals surface area contributed by atoms with Gasteiger partial charge in [-0.15, -0.1) is 6.58 Å². The second kappa shape index (κ2) is 5.84. The summed E-state index contributed by atoms with van der Waals surface area (Å²) in [5.41, 5.74) is 0. The Morgan fingerprint density at radius 3 is 2.76 bits per heavy atom. The van der Waals surface area contributed by atoms with Crippen LogP contribution in [0.3, 0.4) is 0 Å². The summed E-state index contributed by atoms with van der Waals surface area (Å²) in [5, 5.41) is 9.11. The number of aliphatic carboxylic acids is 1. The van der Waals surface area contributed by atoms with E-state index in [1.165, 1.54) is 4.90 Å². The molecule has 0 saturated carbocycles. The molecule has 96 valence electrons. The molecular formula is C13H21NO3. The molecule has 0 aromatic heterocycles. The van der Waals surface area contributed by atoms with Gasteiger partial charge in [-0.2, -0.15) is 0 Å². The number of carboxylic acids is 1. The molecule has 4 nitrogen and oxygen atoms in total. The Bertz CT molecular complexity index is 312. The quantitative estimate of drug-likeness (QED) is 0.720. The molecule has 0 spiro atoms. The van der Waals surface area contributed by atoms with Crippen LogP contribution in [-0.4, -0.2) is 34.5 Å². The minimum Gasteiger partial charge on any atom is -0.480 e. The molecule has 4 heteroatoms. The third-order valence-electron chi connectivity index (χ3n) is 3.16. The Kier molecular flexibility index (Phi) is 4.73. The summed E-state index contributed by atoms with van der Waals surface area (Å²) in [6.45, 7) is 8.26.